The first-order valence-corrected chi connectivity index (χ1v) is 5.57. The van der Waals surface area contributed by atoms with Crippen molar-refractivity contribution in [3.63, 3.8) is 0 Å². The first kappa shape index (κ1) is 13.2. The van der Waals surface area contributed by atoms with Crippen LogP contribution in [-0.4, -0.2) is 21.1 Å². The molecular formula is C13H12F2N2O2. The predicted octanol–water partition coefficient (Wildman–Crippen LogP) is 2.66. The predicted molar refractivity (Wildman–Crippen MR) is 63.9 cm³/mol. The highest BCUT2D eigenvalue weighted by molar-refractivity contribution is 5.86. The van der Waals surface area contributed by atoms with Crippen LogP contribution in [0.5, 0.6) is 5.75 Å². The summed E-state index contributed by atoms with van der Waals surface area (Å²) in [6, 6.07) is 3.11. The molecule has 0 radical (unpaired) electrons. The van der Waals surface area contributed by atoms with E-state index in [4.69, 9.17) is 4.74 Å². The molecule has 4 nitrogen and oxygen atoms in total. The molecule has 0 saturated heterocycles. The molecule has 0 unspecified atom stereocenters. The average Bonchev–Trinajstić information content (AvgIpc) is 2.86. The van der Waals surface area contributed by atoms with E-state index in [1.165, 1.54) is 43.2 Å². The molecule has 0 saturated carbocycles. The van der Waals surface area contributed by atoms with Crippen LogP contribution in [0.25, 0.3) is 0 Å². The first-order chi connectivity index (χ1) is 8.90. The van der Waals surface area contributed by atoms with Crippen molar-refractivity contribution in [2.24, 2.45) is 0 Å². The van der Waals surface area contributed by atoms with Crippen LogP contribution in [0.4, 0.5) is 8.78 Å². The molecule has 2 rings (SSSR count). The van der Waals surface area contributed by atoms with Crippen LogP contribution in [0.1, 0.15) is 18.6 Å². The number of hydrogen-bond acceptors (Lipinski definition) is 3. The molecule has 0 atom stereocenters. The average molecular weight is 266 g/mol. The summed E-state index contributed by atoms with van der Waals surface area (Å²) in [5.74, 6) is -2.28. The quantitative estimate of drug-likeness (QED) is 0.857. The zero-order valence-corrected chi connectivity index (χ0v) is 10.4. The summed E-state index contributed by atoms with van der Waals surface area (Å²) >= 11 is 0. The van der Waals surface area contributed by atoms with Gasteiger partial charge in [0.05, 0.1) is 0 Å². The van der Waals surface area contributed by atoms with E-state index in [2.05, 4.69) is 4.98 Å². The van der Waals surface area contributed by atoms with Crippen molar-refractivity contribution < 1.29 is 18.3 Å². The van der Waals surface area contributed by atoms with E-state index in [1.807, 2.05) is 0 Å². The second-order valence-corrected chi connectivity index (χ2v) is 4.46. The Morgan fingerprint density at radius 2 is 2.05 bits per heavy atom. The molecule has 1 aromatic carbocycles. The second kappa shape index (κ2) is 4.79. The van der Waals surface area contributed by atoms with Crippen molar-refractivity contribution in [2.45, 2.75) is 19.4 Å². The lowest BCUT2D eigenvalue weighted by Gasteiger charge is -2.24. The SMILES string of the molecule is CC(C)(Oc1ccc(F)c(F)c1)C(=O)n1ccnc1. The van der Waals surface area contributed by atoms with Gasteiger partial charge in [0.25, 0.3) is 5.91 Å². The smallest absolute Gasteiger partial charge is 0.275 e. The van der Waals surface area contributed by atoms with Crippen LogP contribution in [0, 0.1) is 11.6 Å². The highest BCUT2D eigenvalue weighted by Crippen LogP contribution is 2.22. The zero-order chi connectivity index (χ0) is 14.0. The van der Waals surface area contributed by atoms with E-state index < -0.39 is 17.2 Å². The summed E-state index contributed by atoms with van der Waals surface area (Å²) < 4.78 is 32.6. The number of hydrogen-bond donors (Lipinski definition) is 0. The number of imidazole rings is 1. The molecule has 0 bridgehead atoms. The van der Waals surface area contributed by atoms with Gasteiger partial charge in [-0.05, 0) is 26.0 Å². The van der Waals surface area contributed by atoms with E-state index in [-0.39, 0.29) is 11.7 Å². The molecule has 0 N–H and O–H groups in total. The molecule has 2 aromatic rings. The van der Waals surface area contributed by atoms with E-state index in [9.17, 15) is 13.6 Å². The minimum Gasteiger partial charge on any atom is -0.478 e. The molecule has 19 heavy (non-hydrogen) atoms. The Morgan fingerprint density at radius 3 is 2.63 bits per heavy atom. The molecule has 1 aromatic heterocycles. The van der Waals surface area contributed by atoms with Gasteiger partial charge in [0.2, 0.25) is 0 Å². The standard InChI is InChI=1S/C13H12F2N2O2/c1-13(2,12(18)17-6-5-16-8-17)19-9-3-4-10(14)11(15)7-9/h3-8H,1-2H3. The highest BCUT2D eigenvalue weighted by Gasteiger charge is 2.31. The van der Waals surface area contributed by atoms with Gasteiger partial charge in [-0.1, -0.05) is 0 Å². The largest absolute Gasteiger partial charge is 0.478 e. The monoisotopic (exact) mass is 266 g/mol. The van der Waals surface area contributed by atoms with Gasteiger partial charge in [0, 0.05) is 18.5 Å². The van der Waals surface area contributed by atoms with E-state index in [1.54, 1.807) is 0 Å². The number of carbonyl (C=O) groups excluding carboxylic acids is 1. The summed E-state index contributed by atoms with van der Waals surface area (Å²) in [4.78, 5) is 15.9. The molecule has 100 valence electrons. The van der Waals surface area contributed by atoms with E-state index in [0.717, 1.165) is 12.1 Å². The second-order valence-electron chi connectivity index (χ2n) is 4.46. The molecule has 0 aliphatic rings. The van der Waals surface area contributed by atoms with Gasteiger partial charge in [0.1, 0.15) is 12.1 Å². The topological polar surface area (TPSA) is 44.1 Å². The Kier molecular flexibility index (Phi) is 3.33. The number of benzene rings is 1. The third kappa shape index (κ3) is 2.78. The normalized spacial score (nSPS) is 11.4. The molecule has 0 spiro atoms. The lowest BCUT2D eigenvalue weighted by atomic mass is 10.1. The number of rotatable bonds is 3. The van der Waals surface area contributed by atoms with Gasteiger partial charge in [-0.3, -0.25) is 9.36 Å². The fourth-order valence-corrected chi connectivity index (χ4v) is 1.57. The Hall–Kier alpha value is -2.24. The number of aromatic nitrogens is 2. The van der Waals surface area contributed by atoms with Crippen molar-refractivity contribution in [3.8, 4) is 5.75 Å². The maximum atomic E-state index is 13.1. The van der Waals surface area contributed by atoms with Gasteiger partial charge in [-0.2, -0.15) is 0 Å². The van der Waals surface area contributed by atoms with E-state index >= 15 is 0 Å². The lowest BCUT2D eigenvalue weighted by molar-refractivity contribution is 0.0486. The molecule has 0 fully saturated rings. The number of ether oxygens (including phenoxy) is 1. The highest BCUT2D eigenvalue weighted by atomic mass is 19.2. The Morgan fingerprint density at radius 1 is 1.32 bits per heavy atom. The molecular weight excluding hydrogens is 254 g/mol. The van der Waals surface area contributed by atoms with Crippen LogP contribution in [0.3, 0.4) is 0 Å². The first-order valence-electron chi connectivity index (χ1n) is 5.57. The molecule has 6 heteroatoms. The van der Waals surface area contributed by atoms with Crippen LogP contribution < -0.4 is 4.74 Å². The van der Waals surface area contributed by atoms with Gasteiger partial charge >= 0.3 is 0 Å². The van der Waals surface area contributed by atoms with Gasteiger partial charge in [-0.15, -0.1) is 0 Å². The van der Waals surface area contributed by atoms with Crippen LogP contribution in [-0.2, 0) is 0 Å². The van der Waals surface area contributed by atoms with Gasteiger partial charge in [0.15, 0.2) is 17.2 Å². The van der Waals surface area contributed by atoms with Gasteiger partial charge < -0.3 is 4.74 Å². The van der Waals surface area contributed by atoms with Crippen molar-refractivity contribution in [1.82, 2.24) is 9.55 Å². The maximum absolute atomic E-state index is 13.1. The van der Waals surface area contributed by atoms with Crippen molar-refractivity contribution >= 4 is 5.91 Å². The minimum absolute atomic E-state index is 0.0809. The number of carbonyl (C=O) groups is 1. The summed E-state index contributed by atoms with van der Waals surface area (Å²) in [6.45, 7) is 3.08. The van der Waals surface area contributed by atoms with Gasteiger partial charge in [-0.25, -0.2) is 13.8 Å². The van der Waals surface area contributed by atoms with Crippen LogP contribution in [0.15, 0.2) is 36.9 Å². The fourth-order valence-electron chi connectivity index (χ4n) is 1.57. The molecule has 0 aliphatic heterocycles. The van der Waals surface area contributed by atoms with Crippen molar-refractivity contribution in [2.75, 3.05) is 0 Å². The molecule has 0 amide bonds. The fraction of sp³-hybridized carbons (Fsp3) is 0.231. The van der Waals surface area contributed by atoms with Crippen molar-refractivity contribution in [3.05, 3.63) is 48.6 Å². The Balaban J connectivity index is 2.21. The summed E-state index contributed by atoms with van der Waals surface area (Å²) in [5, 5.41) is 0. The Bertz CT molecular complexity index is 595. The summed E-state index contributed by atoms with van der Waals surface area (Å²) in [5.41, 5.74) is -1.23. The van der Waals surface area contributed by atoms with E-state index in [0.29, 0.717) is 0 Å². The molecule has 0 aliphatic carbocycles. The third-order valence-electron chi connectivity index (χ3n) is 2.52. The maximum Gasteiger partial charge on any atom is 0.275 e. The number of nitrogens with zero attached hydrogens (tertiary/aromatic N) is 2. The summed E-state index contributed by atoms with van der Waals surface area (Å²) in [7, 11) is 0. The lowest BCUT2D eigenvalue weighted by Crippen LogP contribution is -2.41. The third-order valence-corrected chi connectivity index (χ3v) is 2.52. The number of halogens is 2. The van der Waals surface area contributed by atoms with Crippen LogP contribution in [0.2, 0.25) is 0 Å². The van der Waals surface area contributed by atoms with Crippen molar-refractivity contribution in [1.29, 1.82) is 0 Å². The van der Waals surface area contributed by atoms with Crippen LogP contribution >= 0.6 is 0 Å². The summed E-state index contributed by atoms with van der Waals surface area (Å²) in [6.07, 6.45) is 4.29. The zero-order valence-electron chi connectivity index (χ0n) is 10.4. The minimum atomic E-state index is -1.23. The molecule has 1 heterocycles. The Labute approximate surface area is 108 Å².